The third kappa shape index (κ3) is 2.51. The molecule has 0 spiro atoms. The van der Waals surface area contributed by atoms with Gasteiger partial charge < -0.3 is 10.5 Å². The van der Waals surface area contributed by atoms with Gasteiger partial charge in [-0.3, -0.25) is 9.10 Å². The fraction of sp³-hybridized carbons (Fsp3) is 0.500. The summed E-state index contributed by atoms with van der Waals surface area (Å²) in [5.74, 6) is -0.548. The predicted octanol–water partition coefficient (Wildman–Crippen LogP) is 0.657. The number of rotatable bonds is 3. The molecule has 0 atom stereocenters. The number of carbonyl (C=O) groups is 1. The van der Waals surface area contributed by atoms with Crippen LogP contribution in [-0.2, 0) is 21.2 Å². The van der Waals surface area contributed by atoms with Gasteiger partial charge in [-0.1, -0.05) is 6.07 Å². The second-order valence-electron chi connectivity index (χ2n) is 5.39. The van der Waals surface area contributed by atoms with E-state index in [1.807, 2.05) is 0 Å². The Labute approximate surface area is 123 Å². The summed E-state index contributed by atoms with van der Waals surface area (Å²) in [7, 11) is -3.42. The highest BCUT2D eigenvalue weighted by Gasteiger charge is 2.37. The summed E-state index contributed by atoms with van der Waals surface area (Å²) < 4.78 is 32.2. The maximum Gasteiger partial charge on any atom is 0.248 e. The lowest BCUT2D eigenvalue weighted by molar-refractivity contribution is 0.0983. The molecule has 2 heterocycles. The molecular formula is C14H18N2O4S. The van der Waals surface area contributed by atoms with E-state index < -0.39 is 21.2 Å². The molecule has 6 nitrogen and oxygen atoms in total. The number of hydrogen-bond donors (Lipinski definition) is 1. The molecule has 2 N–H and O–H groups in total. The Hall–Kier alpha value is -1.60. The minimum Gasteiger partial charge on any atom is -0.381 e. The van der Waals surface area contributed by atoms with Crippen LogP contribution in [0, 0.1) is 0 Å². The van der Waals surface area contributed by atoms with Gasteiger partial charge in [0, 0.05) is 25.3 Å². The normalized spacial score (nSPS) is 19.5. The zero-order valence-electron chi connectivity index (χ0n) is 11.6. The van der Waals surface area contributed by atoms with Crippen molar-refractivity contribution in [1.82, 2.24) is 0 Å². The van der Waals surface area contributed by atoms with Crippen LogP contribution in [0.1, 0.15) is 28.8 Å². The lowest BCUT2D eigenvalue weighted by atomic mass is 10.1. The smallest absolute Gasteiger partial charge is 0.248 e. The molecule has 21 heavy (non-hydrogen) atoms. The van der Waals surface area contributed by atoms with Crippen LogP contribution in [0.25, 0.3) is 0 Å². The molecule has 1 saturated heterocycles. The Balaban J connectivity index is 1.95. The molecule has 2 aliphatic rings. The van der Waals surface area contributed by atoms with Gasteiger partial charge in [0.1, 0.15) is 0 Å². The number of hydrogen-bond acceptors (Lipinski definition) is 4. The first-order valence-electron chi connectivity index (χ1n) is 7.02. The van der Waals surface area contributed by atoms with Crippen molar-refractivity contribution in [2.75, 3.05) is 24.1 Å². The molecule has 0 bridgehead atoms. The molecule has 1 fully saturated rings. The number of primary amides is 1. The van der Waals surface area contributed by atoms with Crippen molar-refractivity contribution in [2.45, 2.75) is 24.5 Å². The van der Waals surface area contributed by atoms with Crippen molar-refractivity contribution >= 4 is 21.6 Å². The van der Waals surface area contributed by atoms with Gasteiger partial charge in [-0.2, -0.15) is 0 Å². The van der Waals surface area contributed by atoms with Crippen LogP contribution in [0.3, 0.4) is 0 Å². The van der Waals surface area contributed by atoms with Gasteiger partial charge in [0.15, 0.2) is 0 Å². The number of nitrogens with two attached hydrogens (primary N) is 1. The molecule has 0 saturated carbocycles. The lowest BCUT2D eigenvalue weighted by Gasteiger charge is -2.28. The molecule has 7 heteroatoms. The van der Waals surface area contributed by atoms with E-state index in [-0.39, 0.29) is 0 Å². The third-order valence-corrected chi connectivity index (χ3v) is 6.43. The lowest BCUT2D eigenvalue weighted by Crippen LogP contribution is -2.40. The SMILES string of the molecule is NC(=O)c1ccc2c(c1)N(S(=O)(=O)C1CCOCC1)CC2. The summed E-state index contributed by atoms with van der Waals surface area (Å²) in [4.78, 5) is 11.3. The number of anilines is 1. The average molecular weight is 310 g/mol. The van der Waals surface area contributed by atoms with Gasteiger partial charge >= 0.3 is 0 Å². The van der Waals surface area contributed by atoms with Crippen LogP contribution >= 0.6 is 0 Å². The molecule has 0 unspecified atom stereocenters. The number of fused-ring (bicyclic) bond motifs is 1. The molecule has 0 radical (unpaired) electrons. The number of amides is 1. The molecule has 1 amide bonds. The molecule has 2 aliphatic heterocycles. The van der Waals surface area contributed by atoms with Gasteiger partial charge in [-0.25, -0.2) is 8.42 Å². The van der Waals surface area contributed by atoms with Crippen LogP contribution in [-0.4, -0.2) is 39.3 Å². The maximum atomic E-state index is 12.8. The van der Waals surface area contributed by atoms with Crippen molar-refractivity contribution in [3.63, 3.8) is 0 Å². The van der Waals surface area contributed by atoms with Crippen molar-refractivity contribution < 1.29 is 17.9 Å². The molecule has 1 aromatic rings. The van der Waals surface area contributed by atoms with Crippen LogP contribution in [0.4, 0.5) is 5.69 Å². The number of ether oxygens (including phenoxy) is 1. The van der Waals surface area contributed by atoms with Gasteiger partial charge in [0.05, 0.1) is 10.9 Å². The van der Waals surface area contributed by atoms with Gasteiger partial charge in [0.25, 0.3) is 0 Å². The fourth-order valence-electron chi connectivity index (χ4n) is 2.92. The topological polar surface area (TPSA) is 89.7 Å². The highest BCUT2D eigenvalue weighted by molar-refractivity contribution is 7.93. The Morgan fingerprint density at radius 1 is 1.29 bits per heavy atom. The fourth-order valence-corrected chi connectivity index (χ4v) is 4.86. The van der Waals surface area contributed by atoms with Crippen molar-refractivity contribution in [3.05, 3.63) is 29.3 Å². The van der Waals surface area contributed by atoms with Crippen LogP contribution in [0.15, 0.2) is 18.2 Å². The summed E-state index contributed by atoms with van der Waals surface area (Å²) in [5.41, 5.74) is 7.15. The molecule has 3 rings (SSSR count). The Bertz CT molecular complexity index is 666. The molecular weight excluding hydrogens is 292 g/mol. The van der Waals surface area contributed by atoms with Crippen molar-refractivity contribution in [3.8, 4) is 0 Å². The van der Waals surface area contributed by atoms with E-state index in [2.05, 4.69) is 0 Å². The van der Waals surface area contributed by atoms with E-state index >= 15 is 0 Å². The quantitative estimate of drug-likeness (QED) is 0.888. The van der Waals surface area contributed by atoms with Crippen LogP contribution < -0.4 is 10.0 Å². The summed E-state index contributed by atoms with van der Waals surface area (Å²) in [6, 6.07) is 5.02. The predicted molar refractivity (Wildman–Crippen MR) is 78.8 cm³/mol. The van der Waals surface area contributed by atoms with Gasteiger partial charge in [0.2, 0.25) is 15.9 Å². The van der Waals surface area contributed by atoms with E-state index in [0.717, 1.165) is 5.56 Å². The molecule has 114 valence electrons. The molecule has 0 aliphatic carbocycles. The summed E-state index contributed by atoms with van der Waals surface area (Å²) in [6.07, 6.45) is 1.70. The van der Waals surface area contributed by atoms with E-state index in [1.54, 1.807) is 18.2 Å². The Kier molecular flexibility index (Phi) is 3.62. The third-order valence-electron chi connectivity index (χ3n) is 4.12. The van der Waals surface area contributed by atoms with E-state index in [4.69, 9.17) is 10.5 Å². The van der Waals surface area contributed by atoms with Gasteiger partial charge in [-0.05, 0) is 37.0 Å². The number of carbonyl (C=O) groups excluding carboxylic acids is 1. The summed E-state index contributed by atoms with van der Waals surface area (Å²) in [6.45, 7) is 1.38. The van der Waals surface area contributed by atoms with E-state index in [9.17, 15) is 13.2 Å². The highest BCUT2D eigenvalue weighted by atomic mass is 32.2. The average Bonchev–Trinajstić information content (AvgIpc) is 2.91. The summed E-state index contributed by atoms with van der Waals surface area (Å²) >= 11 is 0. The first kappa shape index (κ1) is 14.3. The Morgan fingerprint density at radius 2 is 2.00 bits per heavy atom. The zero-order valence-corrected chi connectivity index (χ0v) is 12.4. The van der Waals surface area contributed by atoms with Crippen LogP contribution in [0.5, 0.6) is 0 Å². The second-order valence-corrected chi connectivity index (χ2v) is 7.52. The largest absolute Gasteiger partial charge is 0.381 e. The maximum absolute atomic E-state index is 12.8. The zero-order chi connectivity index (χ0) is 15.0. The van der Waals surface area contributed by atoms with E-state index in [0.29, 0.717) is 50.3 Å². The van der Waals surface area contributed by atoms with Gasteiger partial charge in [-0.15, -0.1) is 0 Å². The Morgan fingerprint density at radius 3 is 2.67 bits per heavy atom. The van der Waals surface area contributed by atoms with Crippen LogP contribution in [0.2, 0.25) is 0 Å². The van der Waals surface area contributed by atoms with E-state index in [1.165, 1.54) is 4.31 Å². The monoisotopic (exact) mass is 310 g/mol. The minimum absolute atomic E-state index is 0.336. The minimum atomic E-state index is -3.42. The number of benzene rings is 1. The standard InChI is InChI=1S/C14H18N2O4S/c15-14(17)11-2-1-10-3-6-16(13(10)9-11)21(18,19)12-4-7-20-8-5-12/h1-2,9,12H,3-8H2,(H2,15,17). The number of sulfonamides is 1. The first-order chi connectivity index (χ1) is 10.00. The summed E-state index contributed by atoms with van der Waals surface area (Å²) in [5, 5.41) is -0.408. The van der Waals surface area contributed by atoms with Crippen molar-refractivity contribution in [1.29, 1.82) is 0 Å². The first-order valence-corrected chi connectivity index (χ1v) is 8.52. The molecule has 0 aromatic heterocycles. The van der Waals surface area contributed by atoms with Crippen molar-refractivity contribution in [2.24, 2.45) is 5.73 Å². The highest BCUT2D eigenvalue weighted by Crippen LogP contribution is 2.34. The second kappa shape index (κ2) is 5.31. The molecule has 1 aromatic carbocycles. The number of nitrogens with zero attached hydrogens (tertiary/aromatic N) is 1.